The van der Waals surface area contributed by atoms with Gasteiger partial charge in [-0.05, 0) is 31.0 Å². The molecule has 0 bridgehead atoms. The minimum Gasteiger partial charge on any atom is -0.462 e. The molecule has 0 aliphatic carbocycles. The third-order valence-electron chi connectivity index (χ3n) is 2.40. The molecule has 1 aromatic rings. The zero-order chi connectivity index (χ0) is 13.7. The van der Waals surface area contributed by atoms with E-state index in [1.165, 1.54) is 6.92 Å². The average Bonchev–Trinajstić information content (AvgIpc) is 2.37. The lowest BCUT2D eigenvalue weighted by Gasteiger charge is -2.13. The Hall–Kier alpha value is -0.870. The Morgan fingerprint density at radius 3 is 2.61 bits per heavy atom. The highest BCUT2D eigenvalue weighted by Crippen LogP contribution is 2.28. The molecule has 0 aliphatic heterocycles. The Morgan fingerprint density at radius 2 is 2.11 bits per heavy atom. The van der Waals surface area contributed by atoms with E-state index in [4.69, 9.17) is 16.3 Å². The maximum absolute atomic E-state index is 11.9. The minimum atomic E-state index is -0.513. The van der Waals surface area contributed by atoms with Crippen LogP contribution in [-0.2, 0) is 15.4 Å². The van der Waals surface area contributed by atoms with Gasteiger partial charge in [-0.15, -0.1) is 11.6 Å². The highest BCUT2D eigenvalue weighted by molar-refractivity contribution is 9.09. The predicted molar refractivity (Wildman–Crippen MR) is 74.3 cm³/mol. The number of carbonyl (C=O) groups excluding carboxylic acids is 2. The van der Waals surface area contributed by atoms with Gasteiger partial charge in [-0.1, -0.05) is 28.1 Å². The average molecular weight is 334 g/mol. The molecule has 0 saturated carbocycles. The largest absolute Gasteiger partial charge is 0.462 e. The predicted octanol–water partition coefficient (Wildman–Crippen LogP) is 3.63. The van der Waals surface area contributed by atoms with Gasteiger partial charge in [-0.2, -0.15) is 0 Å². The van der Waals surface area contributed by atoms with Crippen molar-refractivity contribution in [2.24, 2.45) is 0 Å². The van der Waals surface area contributed by atoms with Crippen molar-refractivity contribution < 1.29 is 14.3 Å². The van der Waals surface area contributed by atoms with Crippen molar-refractivity contribution >= 4 is 39.3 Å². The molecule has 1 aromatic carbocycles. The molecule has 1 unspecified atom stereocenters. The van der Waals surface area contributed by atoms with Crippen LogP contribution in [0.3, 0.4) is 0 Å². The van der Waals surface area contributed by atoms with Gasteiger partial charge in [-0.3, -0.25) is 4.79 Å². The summed E-state index contributed by atoms with van der Waals surface area (Å²) >= 11 is 9.02. The van der Waals surface area contributed by atoms with Crippen LogP contribution in [-0.4, -0.2) is 18.4 Å². The summed E-state index contributed by atoms with van der Waals surface area (Å²) in [6, 6.07) is 5.19. The van der Waals surface area contributed by atoms with Gasteiger partial charge in [0.2, 0.25) is 0 Å². The molecular formula is C13H14BrClO3. The maximum atomic E-state index is 11.9. The second-order valence-electron chi connectivity index (χ2n) is 3.75. The van der Waals surface area contributed by atoms with Crippen molar-refractivity contribution in [3.63, 3.8) is 0 Å². The molecule has 1 atom stereocenters. The summed E-state index contributed by atoms with van der Waals surface area (Å²) < 4.78 is 4.98. The monoisotopic (exact) mass is 332 g/mol. The lowest BCUT2D eigenvalue weighted by atomic mass is 10.0. The number of esters is 1. The number of hydrogen-bond acceptors (Lipinski definition) is 3. The van der Waals surface area contributed by atoms with Crippen LogP contribution in [0.15, 0.2) is 18.2 Å². The molecule has 0 fully saturated rings. The number of carbonyl (C=O) groups is 2. The van der Waals surface area contributed by atoms with E-state index >= 15 is 0 Å². The number of benzene rings is 1. The van der Waals surface area contributed by atoms with Crippen LogP contribution in [0.2, 0.25) is 0 Å². The van der Waals surface area contributed by atoms with Crippen LogP contribution in [0.5, 0.6) is 0 Å². The maximum Gasteiger partial charge on any atom is 0.338 e. The van der Waals surface area contributed by atoms with E-state index in [0.29, 0.717) is 17.0 Å². The molecule has 0 heterocycles. The molecule has 0 N–H and O–H groups in total. The van der Waals surface area contributed by atoms with Gasteiger partial charge >= 0.3 is 5.97 Å². The number of hydrogen-bond donors (Lipinski definition) is 0. The topological polar surface area (TPSA) is 43.4 Å². The van der Waals surface area contributed by atoms with Crippen molar-refractivity contribution in [2.45, 2.75) is 24.6 Å². The number of alkyl halides is 2. The molecule has 0 spiro atoms. The van der Waals surface area contributed by atoms with E-state index in [1.807, 2.05) is 0 Å². The summed E-state index contributed by atoms with van der Waals surface area (Å²) in [6.07, 6.45) is 0. The third-order valence-corrected chi connectivity index (χ3v) is 3.84. The first-order valence-corrected chi connectivity index (χ1v) is 6.96. The molecule has 3 nitrogen and oxygen atoms in total. The molecule has 5 heteroatoms. The first kappa shape index (κ1) is 15.2. The lowest BCUT2D eigenvalue weighted by molar-refractivity contribution is -0.116. The van der Waals surface area contributed by atoms with Gasteiger partial charge in [0.1, 0.15) is 5.78 Å². The van der Waals surface area contributed by atoms with Gasteiger partial charge in [0.15, 0.2) is 0 Å². The summed E-state index contributed by atoms with van der Waals surface area (Å²) in [5.74, 6) is -0.205. The Labute approximate surface area is 120 Å². The van der Waals surface area contributed by atoms with Crippen molar-refractivity contribution in [3.05, 3.63) is 34.9 Å². The standard InChI is InChI=1S/C13H14BrClO3/c1-3-18-13(17)11-6-9(7-15)4-5-10(11)12(14)8(2)16/h4-6,12H,3,7H2,1-2H3. The second kappa shape index (κ2) is 6.90. The summed E-state index contributed by atoms with van der Waals surface area (Å²) in [5, 5.41) is 0. The molecule has 0 aliphatic rings. The first-order chi connectivity index (χ1) is 8.51. The van der Waals surface area contributed by atoms with Crippen LogP contribution in [0.25, 0.3) is 0 Å². The molecule has 18 heavy (non-hydrogen) atoms. The fourth-order valence-electron chi connectivity index (χ4n) is 1.51. The highest BCUT2D eigenvalue weighted by atomic mass is 79.9. The SMILES string of the molecule is CCOC(=O)c1cc(CCl)ccc1C(Br)C(C)=O. The van der Waals surface area contributed by atoms with Gasteiger partial charge in [0.25, 0.3) is 0 Å². The number of ketones is 1. The summed E-state index contributed by atoms with van der Waals surface area (Å²) in [6.45, 7) is 3.49. The summed E-state index contributed by atoms with van der Waals surface area (Å²) in [5.41, 5.74) is 1.80. The van der Waals surface area contributed by atoms with Gasteiger partial charge in [0, 0.05) is 5.88 Å². The zero-order valence-electron chi connectivity index (χ0n) is 10.2. The highest BCUT2D eigenvalue weighted by Gasteiger charge is 2.21. The number of halogens is 2. The van der Waals surface area contributed by atoms with Gasteiger partial charge in [0.05, 0.1) is 17.0 Å². The Kier molecular flexibility index (Phi) is 5.82. The fraction of sp³-hybridized carbons (Fsp3) is 0.385. The second-order valence-corrected chi connectivity index (χ2v) is 4.93. The van der Waals surface area contributed by atoms with Crippen molar-refractivity contribution in [1.29, 1.82) is 0 Å². The minimum absolute atomic E-state index is 0.0702. The molecule has 0 amide bonds. The summed E-state index contributed by atoms with van der Waals surface area (Å²) in [4.78, 5) is 22.8. The molecule has 0 radical (unpaired) electrons. The smallest absolute Gasteiger partial charge is 0.338 e. The quantitative estimate of drug-likeness (QED) is 0.610. The number of Topliss-reactive ketones (excluding diaryl/α,β-unsaturated/α-hetero) is 1. The molecule has 98 valence electrons. The van der Waals surface area contributed by atoms with E-state index in [2.05, 4.69) is 15.9 Å². The van der Waals surface area contributed by atoms with Crippen molar-refractivity contribution in [3.8, 4) is 0 Å². The van der Waals surface area contributed by atoms with Crippen LogP contribution >= 0.6 is 27.5 Å². The Balaban J connectivity index is 3.24. The van der Waals surface area contributed by atoms with Gasteiger partial charge in [-0.25, -0.2) is 4.79 Å². The molecule has 1 rings (SSSR count). The lowest BCUT2D eigenvalue weighted by Crippen LogP contribution is -2.12. The Bertz CT molecular complexity index is 460. The summed E-state index contributed by atoms with van der Waals surface area (Å²) in [7, 11) is 0. The van der Waals surface area contributed by atoms with Crippen LogP contribution in [0.4, 0.5) is 0 Å². The van der Waals surface area contributed by atoms with Crippen LogP contribution in [0, 0.1) is 0 Å². The fourth-order valence-corrected chi connectivity index (χ4v) is 2.08. The molecule has 0 aromatic heterocycles. The van der Waals surface area contributed by atoms with E-state index in [1.54, 1.807) is 25.1 Å². The number of ether oxygens (including phenoxy) is 1. The zero-order valence-corrected chi connectivity index (χ0v) is 12.5. The van der Waals surface area contributed by atoms with E-state index in [9.17, 15) is 9.59 Å². The van der Waals surface area contributed by atoms with Crippen LogP contribution in [0.1, 0.15) is 40.2 Å². The Morgan fingerprint density at radius 1 is 1.44 bits per heavy atom. The van der Waals surface area contributed by atoms with Crippen molar-refractivity contribution in [2.75, 3.05) is 6.61 Å². The number of rotatable bonds is 5. The first-order valence-electron chi connectivity index (χ1n) is 5.51. The van der Waals surface area contributed by atoms with E-state index < -0.39 is 10.8 Å². The third kappa shape index (κ3) is 3.56. The molecule has 0 saturated heterocycles. The molecular weight excluding hydrogens is 319 g/mol. The normalized spacial score (nSPS) is 12.0. The van der Waals surface area contributed by atoms with Crippen molar-refractivity contribution in [1.82, 2.24) is 0 Å². The van der Waals surface area contributed by atoms with E-state index in [0.717, 1.165) is 5.56 Å². The van der Waals surface area contributed by atoms with Crippen LogP contribution < -0.4 is 0 Å². The van der Waals surface area contributed by atoms with E-state index in [-0.39, 0.29) is 12.4 Å². The van der Waals surface area contributed by atoms with Gasteiger partial charge < -0.3 is 4.74 Å².